The summed E-state index contributed by atoms with van der Waals surface area (Å²) in [4.78, 5) is 41.9. The number of nitrogens with one attached hydrogen (secondary N) is 1. The normalized spacial score (nSPS) is 18.8. The summed E-state index contributed by atoms with van der Waals surface area (Å²) in [6, 6.07) is 26.5. The van der Waals surface area contributed by atoms with E-state index in [0.717, 1.165) is 97.9 Å². The molecule has 298 valence electrons. The van der Waals surface area contributed by atoms with E-state index >= 15 is 0 Å². The van der Waals surface area contributed by atoms with Crippen molar-refractivity contribution < 1.29 is 14.3 Å². The number of carbonyl (C=O) groups excluding carboxylic acids is 2. The smallest absolute Gasteiger partial charge is 0.321 e. The van der Waals surface area contributed by atoms with Crippen molar-refractivity contribution in [3.8, 4) is 22.8 Å². The van der Waals surface area contributed by atoms with Crippen LogP contribution in [0, 0.1) is 5.92 Å². The molecule has 13 heteroatoms. The lowest BCUT2D eigenvalue weighted by Crippen LogP contribution is -2.50. The summed E-state index contributed by atoms with van der Waals surface area (Å²) in [7, 11) is 1.61. The highest BCUT2D eigenvalue weighted by Crippen LogP contribution is 2.36. The Labute approximate surface area is 334 Å². The molecule has 3 aliphatic heterocycles. The highest BCUT2D eigenvalue weighted by molar-refractivity contribution is 5.98. The molecule has 3 saturated heterocycles. The van der Waals surface area contributed by atoms with Gasteiger partial charge >= 0.3 is 6.03 Å². The van der Waals surface area contributed by atoms with Crippen molar-refractivity contribution in [2.75, 3.05) is 74.9 Å². The number of nitrogens with zero attached hydrogens (tertiary/aromatic N) is 8. The maximum atomic E-state index is 12.4. The van der Waals surface area contributed by atoms with Crippen molar-refractivity contribution in [3.05, 3.63) is 85.2 Å². The van der Waals surface area contributed by atoms with E-state index in [1.807, 2.05) is 66.7 Å². The number of nitrogen functional groups attached to an aromatic ring is 1. The number of rotatable bonds is 12. The second kappa shape index (κ2) is 17.7. The number of aromatic nitrogens is 4. The molecule has 0 saturated carbocycles. The zero-order valence-corrected chi connectivity index (χ0v) is 32.9. The second-order valence-corrected chi connectivity index (χ2v) is 15.6. The quantitative estimate of drug-likeness (QED) is 0.133. The molecule has 3 N–H and O–H groups in total. The molecule has 5 heterocycles. The maximum Gasteiger partial charge on any atom is 0.321 e. The Bertz CT molecular complexity index is 2090. The van der Waals surface area contributed by atoms with Crippen LogP contribution in [0.15, 0.2) is 85.2 Å². The van der Waals surface area contributed by atoms with Gasteiger partial charge in [-0.2, -0.15) is 5.10 Å². The average molecular weight is 771 g/mol. The summed E-state index contributed by atoms with van der Waals surface area (Å²) in [5.41, 5.74) is 11.0. The Hall–Kier alpha value is -5.53. The van der Waals surface area contributed by atoms with E-state index in [1.54, 1.807) is 18.3 Å². The number of hydrogen-bond donors (Lipinski definition) is 2. The van der Waals surface area contributed by atoms with Crippen LogP contribution in [-0.2, 0) is 4.79 Å². The first-order valence-corrected chi connectivity index (χ1v) is 20.5. The number of likely N-dealkylation sites (tertiary alicyclic amines) is 2. The number of benzene rings is 3. The standard InChI is InChI=1S/C44H54N10O3/c1-46-44(56)53(23-6-28-55)36-14-12-34(13-15-36)51-26-18-32(19-27-51)29-50-24-20-35(21-25-50)52-22-5-7-37(30-52)54-43-40(42(45)47-31-48-43)41(49-54)33-10-16-39(17-11-33)57-38-8-3-2-4-9-38/h2-4,8-17,28,31-32,35,37H,5-7,18-27,29-30H2,1H3,(H,46,56)(H2,45,47,48). The third kappa shape index (κ3) is 8.74. The lowest BCUT2D eigenvalue weighted by Gasteiger charge is -2.43. The van der Waals surface area contributed by atoms with Crippen molar-refractivity contribution in [2.24, 2.45) is 5.92 Å². The highest BCUT2D eigenvalue weighted by Gasteiger charge is 2.33. The van der Waals surface area contributed by atoms with Crippen LogP contribution in [0.25, 0.3) is 22.3 Å². The number of urea groups is 1. The van der Waals surface area contributed by atoms with E-state index in [9.17, 15) is 9.59 Å². The molecule has 57 heavy (non-hydrogen) atoms. The Morgan fingerprint density at radius 2 is 1.61 bits per heavy atom. The number of nitrogens with two attached hydrogens (primary N) is 1. The first kappa shape index (κ1) is 38.3. The van der Waals surface area contributed by atoms with Gasteiger partial charge in [-0.05, 0) is 125 Å². The molecule has 0 bridgehead atoms. The summed E-state index contributed by atoms with van der Waals surface area (Å²) in [5, 5.41) is 8.68. The summed E-state index contributed by atoms with van der Waals surface area (Å²) in [6.07, 6.45) is 9.62. The van der Waals surface area contributed by atoms with E-state index in [0.29, 0.717) is 30.7 Å². The molecular weight excluding hydrogens is 717 g/mol. The Kier molecular flexibility index (Phi) is 11.9. The number of aldehydes is 1. The largest absolute Gasteiger partial charge is 0.457 e. The Morgan fingerprint density at radius 3 is 2.33 bits per heavy atom. The fourth-order valence-electron chi connectivity index (χ4n) is 8.99. The average Bonchev–Trinajstić information content (AvgIpc) is 3.66. The van der Waals surface area contributed by atoms with Crippen molar-refractivity contribution in [1.82, 2.24) is 34.9 Å². The number of amides is 2. The number of hydrogen-bond acceptors (Lipinski definition) is 10. The molecule has 2 amide bonds. The van der Waals surface area contributed by atoms with Gasteiger partial charge in [-0.25, -0.2) is 19.4 Å². The zero-order chi connectivity index (χ0) is 39.1. The van der Waals surface area contributed by atoms with Crippen LogP contribution in [0.3, 0.4) is 0 Å². The number of carbonyl (C=O) groups is 2. The van der Waals surface area contributed by atoms with Gasteiger partial charge in [0.15, 0.2) is 5.65 Å². The molecule has 0 aliphatic carbocycles. The third-order valence-electron chi connectivity index (χ3n) is 12.1. The van der Waals surface area contributed by atoms with Gasteiger partial charge in [0.25, 0.3) is 0 Å². The monoisotopic (exact) mass is 770 g/mol. The minimum absolute atomic E-state index is 0.206. The van der Waals surface area contributed by atoms with Gasteiger partial charge < -0.3 is 30.4 Å². The number of anilines is 3. The SMILES string of the molecule is CNC(=O)N(CCC=O)c1ccc(N2CCC(CN3CCC(N4CCCC(n5nc(-c6ccc(Oc7ccccc7)cc6)c6c(N)ncnc65)C4)CC3)CC2)cc1. The topological polar surface area (TPSA) is 138 Å². The van der Waals surface area contributed by atoms with Gasteiger partial charge in [-0.1, -0.05) is 18.2 Å². The van der Waals surface area contributed by atoms with Crippen LogP contribution < -0.4 is 25.6 Å². The van der Waals surface area contributed by atoms with E-state index in [-0.39, 0.29) is 12.1 Å². The van der Waals surface area contributed by atoms with Gasteiger partial charge in [0.2, 0.25) is 0 Å². The molecule has 3 aliphatic rings. The molecule has 3 aromatic carbocycles. The second-order valence-electron chi connectivity index (χ2n) is 15.6. The van der Waals surface area contributed by atoms with E-state index in [4.69, 9.17) is 20.6 Å². The predicted molar refractivity (Wildman–Crippen MR) is 225 cm³/mol. The third-order valence-corrected chi connectivity index (χ3v) is 12.1. The minimum atomic E-state index is -0.206. The van der Waals surface area contributed by atoms with Crippen molar-refractivity contribution in [1.29, 1.82) is 0 Å². The molecule has 0 radical (unpaired) electrons. The molecule has 1 atom stereocenters. The first-order valence-electron chi connectivity index (χ1n) is 20.5. The number of para-hydroxylation sites is 1. The molecule has 3 fully saturated rings. The molecular formula is C44H54N10O3. The first-order chi connectivity index (χ1) is 28.0. The van der Waals surface area contributed by atoms with Crippen LogP contribution in [0.5, 0.6) is 11.5 Å². The van der Waals surface area contributed by atoms with Crippen molar-refractivity contribution >= 4 is 40.5 Å². The summed E-state index contributed by atoms with van der Waals surface area (Å²) in [6.45, 7) is 7.96. The van der Waals surface area contributed by atoms with E-state index in [1.165, 1.54) is 37.9 Å². The van der Waals surface area contributed by atoms with Crippen molar-refractivity contribution in [3.63, 3.8) is 0 Å². The van der Waals surface area contributed by atoms with Gasteiger partial charge in [0.1, 0.15) is 35.6 Å². The number of ether oxygens (including phenoxy) is 1. The lowest BCUT2D eigenvalue weighted by molar-refractivity contribution is -0.107. The summed E-state index contributed by atoms with van der Waals surface area (Å²) < 4.78 is 8.16. The zero-order valence-electron chi connectivity index (χ0n) is 32.9. The molecule has 13 nitrogen and oxygen atoms in total. The molecule has 8 rings (SSSR count). The van der Waals surface area contributed by atoms with Gasteiger partial charge in [-0.15, -0.1) is 0 Å². The fraction of sp³-hybridized carbons (Fsp3) is 0.432. The predicted octanol–water partition coefficient (Wildman–Crippen LogP) is 6.62. The lowest BCUT2D eigenvalue weighted by atomic mass is 9.93. The van der Waals surface area contributed by atoms with Gasteiger partial charge in [-0.3, -0.25) is 9.80 Å². The maximum absolute atomic E-state index is 12.4. The van der Waals surface area contributed by atoms with Gasteiger partial charge in [0, 0.05) is 69.2 Å². The number of fused-ring (bicyclic) bond motifs is 1. The minimum Gasteiger partial charge on any atom is -0.457 e. The van der Waals surface area contributed by atoms with Crippen LogP contribution in [0.4, 0.5) is 22.0 Å². The fourth-order valence-corrected chi connectivity index (χ4v) is 8.99. The van der Waals surface area contributed by atoms with E-state index in [2.05, 4.69) is 41.8 Å². The molecule has 2 aromatic heterocycles. The summed E-state index contributed by atoms with van der Waals surface area (Å²) >= 11 is 0. The van der Waals surface area contributed by atoms with Gasteiger partial charge in [0.05, 0.1) is 11.4 Å². The van der Waals surface area contributed by atoms with Crippen LogP contribution in [-0.4, -0.2) is 107 Å². The van der Waals surface area contributed by atoms with Crippen molar-refractivity contribution in [2.45, 2.75) is 57.0 Å². The van der Waals surface area contributed by atoms with Crippen LogP contribution in [0.1, 0.15) is 51.0 Å². The Balaban J connectivity index is 0.842. The highest BCUT2D eigenvalue weighted by atomic mass is 16.5. The van der Waals surface area contributed by atoms with E-state index < -0.39 is 0 Å². The Morgan fingerprint density at radius 1 is 0.877 bits per heavy atom. The molecule has 5 aromatic rings. The summed E-state index contributed by atoms with van der Waals surface area (Å²) in [5.74, 6) is 2.71. The molecule has 0 spiro atoms. The van der Waals surface area contributed by atoms with Crippen LogP contribution in [0.2, 0.25) is 0 Å². The van der Waals surface area contributed by atoms with Crippen LogP contribution >= 0.6 is 0 Å². The molecule has 1 unspecified atom stereocenters. The number of piperidine rings is 3.